The molecule has 0 saturated carbocycles. The number of primary amides is 1. The number of nitrogens with zero attached hydrogens (tertiary/aromatic N) is 4. The van der Waals surface area contributed by atoms with Gasteiger partial charge in [-0.15, -0.1) is 0 Å². The van der Waals surface area contributed by atoms with Crippen molar-refractivity contribution in [1.82, 2.24) is 14.7 Å². The molecule has 29 heavy (non-hydrogen) atoms. The van der Waals surface area contributed by atoms with E-state index in [1.807, 2.05) is 23.1 Å². The summed E-state index contributed by atoms with van der Waals surface area (Å²) in [5, 5.41) is 5.98. The molecular weight excluding hydrogens is 362 g/mol. The fourth-order valence-corrected chi connectivity index (χ4v) is 4.37. The zero-order chi connectivity index (χ0) is 20.4. The Morgan fingerprint density at radius 2 is 1.93 bits per heavy atom. The first-order valence-corrected chi connectivity index (χ1v) is 10.4. The number of anilines is 1. The minimum atomic E-state index is -0.335. The van der Waals surface area contributed by atoms with Gasteiger partial charge in [0.2, 0.25) is 0 Å². The third-order valence-corrected chi connectivity index (χ3v) is 5.89. The lowest BCUT2D eigenvalue weighted by Crippen LogP contribution is -2.57. The average molecular weight is 392 g/mol. The van der Waals surface area contributed by atoms with Gasteiger partial charge in [-0.05, 0) is 43.5 Å². The molecule has 1 aliphatic rings. The molecule has 2 heterocycles. The SMILES string of the molecule is CCc1nn(CC)c2cc(N3CCN(C(N)=O)[C@@H](Cc4ccccc4)C3)ccc12. The number of amides is 2. The van der Waals surface area contributed by atoms with Crippen molar-refractivity contribution in [3.63, 3.8) is 0 Å². The first kappa shape index (κ1) is 19.3. The molecule has 6 nitrogen and oxygen atoms in total. The predicted octanol–water partition coefficient (Wildman–Crippen LogP) is 3.43. The Balaban J connectivity index is 1.62. The Labute approximate surface area is 171 Å². The molecule has 1 atom stereocenters. The number of carbonyl (C=O) groups excluding carboxylic acids is 1. The van der Waals surface area contributed by atoms with Gasteiger partial charge in [0, 0.05) is 37.3 Å². The number of hydrogen-bond acceptors (Lipinski definition) is 3. The van der Waals surface area contributed by atoms with E-state index in [2.05, 4.69) is 53.8 Å². The van der Waals surface area contributed by atoms with Crippen molar-refractivity contribution < 1.29 is 4.79 Å². The highest BCUT2D eigenvalue weighted by molar-refractivity contribution is 5.85. The zero-order valence-corrected chi connectivity index (χ0v) is 17.2. The van der Waals surface area contributed by atoms with E-state index in [0.717, 1.165) is 38.2 Å². The molecule has 4 rings (SSSR count). The van der Waals surface area contributed by atoms with Crippen LogP contribution in [0.5, 0.6) is 0 Å². The van der Waals surface area contributed by atoms with Gasteiger partial charge >= 0.3 is 6.03 Å². The predicted molar refractivity (Wildman–Crippen MR) is 117 cm³/mol. The first-order chi connectivity index (χ1) is 14.1. The van der Waals surface area contributed by atoms with Crippen LogP contribution in [0.4, 0.5) is 10.5 Å². The maximum Gasteiger partial charge on any atom is 0.315 e. The molecule has 1 saturated heterocycles. The van der Waals surface area contributed by atoms with Crippen LogP contribution in [-0.2, 0) is 19.4 Å². The molecule has 0 unspecified atom stereocenters. The van der Waals surface area contributed by atoms with E-state index < -0.39 is 0 Å². The molecule has 1 fully saturated rings. The number of aryl methyl sites for hydroxylation is 2. The summed E-state index contributed by atoms with van der Waals surface area (Å²) < 4.78 is 2.08. The van der Waals surface area contributed by atoms with Crippen LogP contribution in [0.15, 0.2) is 48.5 Å². The van der Waals surface area contributed by atoms with E-state index in [1.54, 1.807) is 0 Å². The minimum absolute atomic E-state index is 0.0571. The zero-order valence-electron chi connectivity index (χ0n) is 17.2. The number of carbonyl (C=O) groups is 1. The number of nitrogens with two attached hydrogens (primary N) is 1. The van der Waals surface area contributed by atoms with Gasteiger partial charge in [-0.25, -0.2) is 4.79 Å². The maximum absolute atomic E-state index is 12.0. The fraction of sp³-hybridized carbons (Fsp3) is 0.391. The van der Waals surface area contributed by atoms with Gasteiger partial charge in [0.1, 0.15) is 0 Å². The normalized spacial score (nSPS) is 17.1. The smallest absolute Gasteiger partial charge is 0.315 e. The van der Waals surface area contributed by atoms with Crippen LogP contribution >= 0.6 is 0 Å². The maximum atomic E-state index is 12.0. The number of rotatable bonds is 5. The average Bonchev–Trinajstić information content (AvgIpc) is 3.11. The molecule has 2 aromatic carbocycles. The van der Waals surface area contributed by atoms with E-state index in [4.69, 9.17) is 10.8 Å². The number of aromatic nitrogens is 2. The highest BCUT2D eigenvalue weighted by Gasteiger charge is 2.29. The topological polar surface area (TPSA) is 67.4 Å². The lowest BCUT2D eigenvalue weighted by molar-refractivity contribution is 0.174. The van der Waals surface area contributed by atoms with E-state index in [1.165, 1.54) is 22.2 Å². The van der Waals surface area contributed by atoms with Gasteiger partial charge in [0.05, 0.1) is 17.3 Å². The highest BCUT2D eigenvalue weighted by atomic mass is 16.2. The monoisotopic (exact) mass is 391 g/mol. The number of urea groups is 1. The van der Waals surface area contributed by atoms with Gasteiger partial charge in [0.15, 0.2) is 0 Å². The highest BCUT2D eigenvalue weighted by Crippen LogP contribution is 2.27. The van der Waals surface area contributed by atoms with Crippen LogP contribution in [0.2, 0.25) is 0 Å². The molecule has 0 spiro atoms. The fourth-order valence-electron chi connectivity index (χ4n) is 4.37. The Hall–Kier alpha value is -3.02. The Bertz CT molecular complexity index is 997. The summed E-state index contributed by atoms with van der Waals surface area (Å²) in [5.41, 5.74) is 10.4. The van der Waals surface area contributed by atoms with Crippen molar-refractivity contribution in [3.05, 3.63) is 59.8 Å². The third kappa shape index (κ3) is 3.79. The molecule has 6 heteroatoms. The van der Waals surface area contributed by atoms with Crippen molar-refractivity contribution in [2.75, 3.05) is 24.5 Å². The summed E-state index contributed by atoms with van der Waals surface area (Å²) in [4.78, 5) is 16.2. The van der Waals surface area contributed by atoms with Gasteiger partial charge in [-0.2, -0.15) is 5.10 Å². The van der Waals surface area contributed by atoms with Crippen molar-refractivity contribution in [3.8, 4) is 0 Å². The van der Waals surface area contributed by atoms with E-state index >= 15 is 0 Å². The molecule has 2 N–H and O–H groups in total. The lowest BCUT2D eigenvalue weighted by atomic mass is 10.0. The third-order valence-electron chi connectivity index (χ3n) is 5.89. The molecule has 0 bridgehead atoms. The van der Waals surface area contributed by atoms with E-state index in [0.29, 0.717) is 6.54 Å². The Kier molecular flexibility index (Phi) is 5.43. The van der Waals surface area contributed by atoms with E-state index in [9.17, 15) is 4.79 Å². The largest absolute Gasteiger partial charge is 0.368 e. The van der Waals surface area contributed by atoms with Crippen LogP contribution in [0.25, 0.3) is 10.9 Å². The first-order valence-electron chi connectivity index (χ1n) is 10.4. The number of piperazine rings is 1. The van der Waals surface area contributed by atoms with Crippen molar-refractivity contribution in [2.45, 2.75) is 39.3 Å². The summed E-state index contributed by atoms with van der Waals surface area (Å²) in [5.74, 6) is 0. The summed E-state index contributed by atoms with van der Waals surface area (Å²) in [6, 6.07) is 16.6. The molecule has 0 aliphatic carbocycles. The minimum Gasteiger partial charge on any atom is -0.368 e. The summed E-state index contributed by atoms with van der Waals surface area (Å²) in [6.07, 6.45) is 1.73. The van der Waals surface area contributed by atoms with Crippen molar-refractivity contribution >= 4 is 22.6 Å². The number of benzene rings is 2. The Morgan fingerprint density at radius 1 is 1.14 bits per heavy atom. The number of hydrogen-bond donors (Lipinski definition) is 1. The Morgan fingerprint density at radius 3 is 2.62 bits per heavy atom. The summed E-state index contributed by atoms with van der Waals surface area (Å²) in [7, 11) is 0. The molecule has 1 aromatic heterocycles. The van der Waals surface area contributed by atoms with Gasteiger partial charge in [-0.3, -0.25) is 4.68 Å². The van der Waals surface area contributed by atoms with Crippen LogP contribution < -0.4 is 10.6 Å². The standard InChI is InChI=1S/C23H29N5O/c1-3-21-20-11-10-18(15-22(20)28(4-2)25-21)26-12-13-27(23(24)29)19(16-26)14-17-8-6-5-7-9-17/h5-11,15,19H,3-4,12-14,16H2,1-2H3,(H2,24,29)/t19-/m0/s1. The van der Waals surface area contributed by atoms with Crippen LogP contribution in [-0.4, -0.2) is 46.4 Å². The number of fused-ring (bicyclic) bond motifs is 1. The van der Waals surface area contributed by atoms with Crippen LogP contribution in [0, 0.1) is 0 Å². The second-order valence-electron chi connectivity index (χ2n) is 7.64. The second-order valence-corrected chi connectivity index (χ2v) is 7.64. The summed E-state index contributed by atoms with van der Waals surface area (Å²) in [6.45, 7) is 7.31. The van der Waals surface area contributed by atoms with Crippen LogP contribution in [0.3, 0.4) is 0 Å². The second kappa shape index (κ2) is 8.15. The molecule has 0 radical (unpaired) electrons. The van der Waals surface area contributed by atoms with Crippen molar-refractivity contribution in [2.24, 2.45) is 5.73 Å². The molecular formula is C23H29N5O. The van der Waals surface area contributed by atoms with Gasteiger partial charge in [-0.1, -0.05) is 37.3 Å². The van der Waals surface area contributed by atoms with Gasteiger partial charge in [0.25, 0.3) is 0 Å². The van der Waals surface area contributed by atoms with Gasteiger partial charge < -0.3 is 15.5 Å². The molecule has 152 valence electrons. The quantitative estimate of drug-likeness (QED) is 0.725. The van der Waals surface area contributed by atoms with E-state index in [-0.39, 0.29) is 12.1 Å². The molecule has 1 aliphatic heterocycles. The van der Waals surface area contributed by atoms with Crippen molar-refractivity contribution in [1.29, 1.82) is 0 Å². The molecule has 2 amide bonds. The summed E-state index contributed by atoms with van der Waals surface area (Å²) >= 11 is 0. The van der Waals surface area contributed by atoms with Crippen LogP contribution in [0.1, 0.15) is 25.1 Å². The molecule has 3 aromatic rings. The lowest BCUT2D eigenvalue weighted by Gasteiger charge is -2.42.